The molecule has 0 N–H and O–H groups in total. The zero-order chi connectivity index (χ0) is 18.6. The lowest BCUT2D eigenvalue weighted by atomic mass is 10.0. The van der Waals surface area contributed by atoms with E-state index in [0.717, 1.165) is 16.5 Å². The second-order valence-electron chi connectivity index (χ2n) is 7.66. The molecule has 0 fully saturated rings. The molecular formula is C24H16N3O+. The zero-order valence-corrected chi connectivity index (χ0v) is 15.5. The van der Waals surface area contributed by atoms with Crippen molar-refractivity contribution < 1.29 is 8.98 Å². The van der Waals surface area contributed by atoms with Gasteiger partial charge in [-0.05, 0) is 29.6 Å². The van der Waals surface area contributed by atoms with Crippen molar-refractivity contribution in [2.45, 2.75) is 6.92 Å². The lowest BCUT2D eigenvalue weighted by Crippen LogP contribution is -2.30. The summed E-state index contributed by atoms with van der Waals surface area (Å²) in [7, 11) is 2.09. The van der Waals surface area contributed by atoms with Gasteiger partial charge in [-0.15, -0.1) is 0 Å². The van der Waals surface area contributed by atoms with E-state index in [2.05, 4.69) is 71.5 Å². The molecule has 0 saturated carbocycles. The molecule has 0 aliphatic carbocycles. The van der Waals surface area contributed by atoms with Crippen LogP contribution in [0.2, 0.25) is 0 Å². The van der Waals surface area contributed by atoms with Crippen molar-refractivity contribution in [3.05, 3.63) is 66.7 Å². The SMILES string of the molecule is Cc1ccc2c3ccccc3n3c2c1c1c2c(cc4occc4c23)nc[n+]1C. The molecule has 7 aromatic rings. The Labute approximate surface area is 159 Å². The highest BCUT2D eigenvalue weighted by Crippen LogP contribution is 2.42. The molecule has 28 heavy (non-hydrogen) atoms. The van der Waals surface area contributed by atoms with Crippen LogP contribution in [-0.4, -0.2) is 9.38 Å². The number of fused-ring (bicyclic) bond motifs is 7. The van der Waals surface area contributed by atoms with Crippen LogP contribution >= 0.6 is 0 Å². The minimum atomic E-state index is 0.872. The number of para-hydroxylation sites is 1. The number of rotatable bonds is 0. The molecule has 0 amide bonds. The van der Waals surface area contributed by atoms with Gasteiger partial charge in [-0.25, -0.2) is 4.57 Å². The van der Waals surface area contributed by atoms with Crippen molar-refractivity contribution in [1.29, 1.82) is 0 Å². The fourth-order valence-electron chi connectivity index (χ4n) is 5.02. The predicted molar refractivity (Wildman–Crippen MR) is 112 cm³/mol. The maximum absolute atomic E-state index is 5.80. The third kappa shape index (κ3) is 1.46. The lowest BCUT2D eigenvalue weighted by Gasteiger charge is -2.13. The first-order chi connectivity index (χ1) is 13.7. The fraction of sp³-hybridized carbons (Fsp3) is 0.0833. The fourth-order valence-corrected chi connectivity index (χ4v) is 5.02. The first-order valence-electron chi connectivity index (χ1n) is 9.46. The Kier molecular flexibility index (Phi) is 2.36. The van der Waals surface area contributed by atoms with Crippen LogP contribution < -0.4 is 4.57 Å². The molecule has 4 heteroatoms. The standard InChI is InChI=1S/C24H16N3O/c1-13-7-8-15-14-5-3-4-6-18(14)27-22(15)20(13)24-21-17(25-12-26(24)2)11-19-16(23(21)27)9-10-28-19/h3-12H,1-2H3/q+1. The average Bonchev–Trinajstić information content (AvgIpc) is 3.31. The van der Waals surface area contributed by atoms with E-state index >= 15 is 0 Å². The van der Waals surface area contributed by atoms with Gasteiger partial charge in [0.1, 0.15) is 11.1 Å². The van der Waals surface area contributed by atoms with E-state index < -0.39 is 0 Å². The Balaban J connectivity index is 2.06. The van der Waals surface area contributed by atoms with E-state index in [1.807, 2.05) is 6.33 Å². The number of nitrogens with zero attached hydrogens (tertiary/aromatic N) is 3. The van der Waals surface area contributed by atoms with Crippen LogP contribution in [0.15, 0.2) is 65.5 Å². The van der Waals surface area contributed by atoms with Gasteiger partial charge in [0, 0.05) is 27.6 Å². The van der Waals surface area contributed by atoms with Crippen molar-refractivity contribution in [2.75, 3.05) is 0 Å². The minimum absolute atomic E-state index is 0.872. The van der Waals surface area contributed by atoms with Gasteiger partial charge in [0.25, 0.3) is 6.33 Å². The Morgan fingerprint density at radius 1 is 0.929 bits per heavy atom. The third-order valence-corrected chi connectivity index (χ3v) is 6.18. The van der Waals surface area contributed by atoms with Gasteiger partial charge in [0.2, 0.25) is 0 Å². The molecule has 0 saturated heterocycles. The highest BCUT2D eigenvalue weighted by molar-refractivity contribution is 6.29. The second-order valence-corrected chi connectivity index (χ2v) is 7.66. The maximum Gasteiger partial charge on any atom is 0.287 e. The van der Waals surface area contributed by atoms with Gasteiger partial charge < -0.3 is 8.82 Å². The Morgan fingerprint density at radius 2 is 1.79 bits per heavy atom. The summed E-state index contributed by atoms with van der Waals surface area (Å²) < 4.78 is 10.4. The van der Waals surface area contributed by atoms with E-state index in [1.165, 1.54) is 49.2 Å². The average molecular weight is 362 g/mol. The normalized spacial score (nSPS) is 12.6. The van der Waals surface area contributed by atoms with Crippen molar-refractivity contribution in [1.82, 2.24) is 9.38 Å². The lowest BCUT2D eigenvalue weighted by molar-refractivity contribution is -0.646. The summed E-state index contributed by atoms with van der Waals surface area (Å²) in [6.45, 7) is 2.20. The molecule has 7 rings (SSSR count). The summed E-state index contributed by atoms with van der Waals surface area (Å²) in [6.07, 6.45) is 3.68. The van der Waals surface area contributed by atoms with Crippen LogP contribution in [0.5, 0.6) is 0 Å². The van der Waals surface area contributed by atoms with Crippen molar-refractivity contribution in [3.8, 4) is 0 Å². The first-order valence-corrected chi connectivity index (χ1v) is 9.46. The molecule has 4 aromatic heterocycles. The third-order valence-electron chi connectivity index (χ3n) is 6.18. The number of aromatic nitrogens is 3. The molecular weight excluding hydrogens is 346 g/mol. The number of hydrogen-bond donors (Lipinski definition) is 0. The molecule has 4 nitrogen and oxygen atoms in total. The molecule has 3 aromatic carbocycles. The molecule has 0 aliphatic heterocycles. The van der Waals surface area contributed by atoms with Crippen LogP contribution in [0.25, 0.3) is 60.1 Å². The Bertz CT molecular complexity index is 1730. The van der Waals surface area contributed by atoms with E-state index in [0.29, 0.717) is 0 Å². The Hall–Kier alpha value is -3.66. The highest BCUT2D eigenvalue weighted by Gasteiger charge is 2.25. The largest absolute Gasteiger partial charge is 0.464 e. The molecule has 132 valence electrons. The highest BCUT2D eigenvalue weighted by atomic mass is 16.3. The maximum atomic E-state index is 5.80. The molecule has 0 radical (unpaired) electrons. The Morgan fingerprint density at radius 3 is 2.71 bits per heavy atom. The van der Waals surface area contributed by atoms with Crippen LogP contribution in [0.4, 0.5) is 0 Å². The number of aryl methyl sites for hydroxylation is 2. The molecule has 0 bridgehead atoms. The van der Waals surface area contributed by atoms with Crippen LogP contribution in [0, 0.1) is 6.92 Å². The predicted octanol–water partition coefficient (Wildman–Crippen LogP) is 5.26. The molecule has 0 unspecified atom stereocenters. The number of benzene rings is 3. The van der Waals surface area contributed by atoms with Gasteiger partial charge in [0.15, 0.2) is 5.52 Å². The topological polar surface area (TPSA) is 34.3 Å². The van der Waals surface area contributed by atoms with E-state index in [9.17, 15) is 0 Å². The minimum Gasteiger partial charge on any atom is -0.464 e. The van der Waals surface area contributed by atoms with Crippen molar-refractivity contribution in [2.24, 2.45) is 7.05 Å². The summed E-state index contributed by atoms with van der Waals surface area (Å²) >= 11 is 0. The van der Waals surface area contributed by atoms with Crippen LogP contribution in [0.3, 0.4) is 0 Å². The van der Waals surface area contributed by atoms with E-state index in [1.54, 1.807) is 6.26 Å². The molecule has 0 spiro atoms. The summed E-state index contributed by atoms with van der Waals surface area (Å²) in [5.74, 6) is 0. The zero-order valence-electron chi connectivity index (χ0n) is 15.5. The molecule has 0 aliphatic rings. The quantitative estimate of drug-likeness (QED) is 0.209. The van der Waals surface area contributed by atoms with E-state index in [-0.39, 0.29) is 0 Å². The molecule has 0 atom stereocenters. The van der Waals surface area contributed by atoms with Gasteiger partial charge in [-0.1, -0.05) is 30.3 Å². The number of furan rings is 1. The smallest absolute Gasteiger partial charge is 0.287 e. The number of hydrogen-bond acceptors (Lipinski definition) is 2. The van der Waals surface area contributed by atoms with Gasteiger partial charge in [-0.3, -0.25) is 0 Å². The van der Waals surface area contributed by atoms with Crippen LogP contribution in [-0.2, 0) is 7.05 Å². The van der Waals surface area contributed by atoms with Gasteiger partial charge >= 0.3 is 0 Å². The van der Waals surface area contributed by atoms with E-state index in [4.69, 9.17) is 9.40 Å². The second kappa shape index (κ2) is 4.60. The number of pyridine rings is 1. The van der Waals surface area contributed by atoms with Crippen molar-refractivity contribution >= 4 is 60.1 Å². The van der Waals surface area contributed by atoms with Gasteiger partial charge in [-0.2, -0.15) is 0 Å². The monoisotopic (exact) mass is 362 g/mol. The van der Waals surface area contributed by atoms with Crippen LogP contribution in [0.1, 0.15) is 5.56 Å². The summed E-state index contributed by atoms with van der Waals surface area (Å²) in [5, 5.41) is 6.15. The summed E-state index contributed by atoms with van der Waals surface area (Å²) in [6, 6.07) is 17.3. The summed E-state index contributed by atoms with van der Waals surface area (Å²) in [5.41, 5.74) is 7.99. The molecule has 4 heterocycles. The van der Waals surface area contributed by atoms with Crippen molar-refractivity contribution in [3.63, 3.8) is 0 Å². The summed E-state index contributed by atoms with van der Waals surface area (Å²) in [4.78, 5) is 4.73. The van der Waals surface area contributed by atoms with Gasteiger partial charge in [0.05, 0.1) is 35.2 Å². The first kappa shape index (κ1) is 14.4.